The average molecular weight is 597 g/mol. The fourth-order valence-corrected chi connectivity index (χ4v) is 5.94. The molecule has 6 rings (SSSR count). The molecule has 6 saturated heterocycles. The van der Waals surface area contributed by atoms with Crippen molar-refractivity contribution in [3.8, 4) is 0 Å². The van der Waals surface area contributed by atoms with E-state index < -0.39 is 0 Å². The number of hydrogen-bond acceptors (Lipinski definition) is 7. The van der Waals surface area contributed by atoms with E-state index in [4.69, 9.17) is 4.74 Å². The van der Waals surface area contributed by atoms with Crippen LogP contribution in [0, 0.1) is 0 Å². The summed E-state index contributed by atoms with van der Waals surface area (Å²) in [6, 6.07) is 0. The summed E-state index contributed by atoms with van der Waals surface area (Å²) in [6.07, 6.45) is 22.8. The molecule has 6 fully saturated rings. The van der Waals surface area contributed by atoms with Crippen molar-refractivity contribution in [1.29, 1.82) is 0 Å². The third-order valence-electron chi connectivity index (χ3n) is 9.08. The average Bonchev–Trinajstić information content (AvgIpc) is 3.36. The lowest BCUT2D eigenvalue weighted by Gasteiger charge is -2.20. The Morgan fingerprint density at radius 3 is 0.619 bits per heavy atom. The summed E-state index contributed by atoms with van der Waals surface area (Å²) in [5.41, 5.74) is 0. The van der Waals surface area contributed by atoms with E-state index in [1.165, 1.54) is 168 Å². The highest BCUT2D eigenvalue weighted by molar-refractivity contribution is 4.61. The Labute approximate surface area is 264 Å². The largest absolute Gasteiger partial charge is 0.365 e. The van der Waals surface area contributed by atoms with Crippen LogP contribution in [-0.4, -0.2) is 157 Å². The van der Waals surface area contributed by atoms with Gasteiger partial charge < -0.3 is 29.2 Å². The Morgan fingerprint density at radius 1 is 0.262 bits per heavy atom. The first kappa shape index (κ1) is 39.7. The quantitative estimate of drug-likeness (QED) is 0.349. The molecule has 0 spiro atoms. The van der Waals surface area contributed by atoms with Crippen LogP contribution >= 0.6 is 0 Å². The smallest absolute Gasteiger partial charge is 0.0989 e. The van der Waals surface area contributed by atoms with Gasteiger partial charge in [-0.15, -0.1) is 0 Å². The molecular weight excluding hydrogens is 520 g/mol. The first-order chi connectivity index (χ1) is 20.4. The van der Waals surface area contributed by atoms with Crippen molar-refractivity contribution in [2.45, 2.75) is 103 Å². The normalized spacial score (nSPS) is 25.3. The van der Waals surface area contributed by atoms with Crippen molar-refractivity contribution in [2.24, 2.45) is 0 Å². The molecule has 6 aliphatic rings. The molecule has 0 saturated carbocycles. The summed E-state index contributed by atoms with van der Waals surface area (Å²) in [4.78, 5) is 14.1. The third kappa shape index (κ3) is 26.2. The Morgan fingerprint density at radius 2 is 0.476 bits per heavy atom. The van der Waals surface area contributed by atoms with E-state index in [1.807, 2.05) is 7.05 Å². The van der Waals surface area contributed by atoms with E-state index in [1.54, 1.807) is 0 Å². The second-order valence-electron chi connectivity index (χ2n) is 13.8. The number of ether oxygens (including phenoxy) is 1. The summed E-state index contributed by atoms with van der Waals surface area (Å²) < 4.78 is 4.98. The molecule has 0 aliphatic carbocycles. The fourth-order valence-electron chi connectivity index (χ4n) is 5.94. The lowest BCUT2D eigenvalue weighted by Crippen LogP contribution is -2.24. The maximum atomic E-state index is 4.98. The predicted molar refractivity (Wildman–Crippen MR) is 185 cm³/mol. The van der Waals surface area contributed by atoms with Gasteiger partial charge in [-0.3, -0.25) is 4.90 Å². The van der Waals surface area contributed by atoms with Gasteiger partial charge in [-0.05, 0) is 172 Å². The number of piperidine rings is 4. The Hall–Kier alpha value is -0.280. The molecule has 0 aromatic rings. The number of hydrogen-bond donors (Lipinski definition) is 0. The summed E-state index contributed by atoms with van der Waals surface area (Å²) in [5, 5.41) is 0. The second-order valence-corrected chi connectivity index (χ2v) is 13.8. The zero-order chi connectivity index (χ0) is 30.7. The van der Waals surface area contributed by atoms with Gasteiger partial charge in [0.15, 0.2) is 0 Å². The van der Waals surface area contributed by atoms with Crippen molar-refractivity contribution in [3.05, 3.63) is 0 Å². The van der Waals surface area contributed by atoms with Crippen molar-refractivity contribution < 1.29 is 4.74 Å². The number of likely N-dealkylation sites (N-methyl/N-ethyl adjacent to an activating group) is 1. The van der Waals surface area contributed by atoms with Crippen LogP contribution in [0.4, 0.5) is 0 Å². The summed E-state index contributed by atoms with van der Waals surface area (Å²) in [7, 11) is 13.0. The van der Waals surface area contributed by atoms with Gasteiger partial charge in [-0.1, -0.05) is 38.5 Å². The zero-order valence-corrected chi connectivity index (χ0v) is 29.6. The van der Waals surface area contributed by atoms with Crippen LogP contribution in [-0.2, 0) is 4.74 Å². The van der Waals surface area contributed by atoms with Crippen LogP contribution in [0.2, 0.25) is 0 Å². The molecule has 0 atom stereocenters. The summed E-state index contributed by atoms with van der Waals surface area (Å²) >= 11 is 0. The van der Waals surface area contributed by atoms with Crippen LogP contribution in [0.1, 0.15) is 103 Å². The SMILES string of the molecule is CN1CCCCC1.CN1CCCCC1.CN1CCCCC1.CN1CCCCC1.CN1CCCCCC1.CN1CCOC1. The second kappa shape index (κ2) is 28.2. The topological polar surface area (TPSA) is 28.7 Å². The van der Waals surface area contributed by atoms with Gasteiger partial charge in [-0.25, -0.2) is 0 Å². The monoisotopic (exact) mass is 597 g/mol. The molecule has 6 aliphatic heterocycles. The van der Waals surface area contributed by atoms with Gasteiger partial charge in [-0.2, -0.15) is 0 Å². The number of rotatable bonds is 0. The van der Waals surface area contributed by atoms with Crippen LogP contribution in [0.3, 0.4) is 0 Å². The van der Waals surface area contributed by atoms with E-state index in [-0.39, 0.29) is 0 Å². The van der Waals surface area contributed by atoms with Crippen LogP contribution in [0.5, 0.6) is 0 Å². The molecule has 7 nitrogen and oxygen atoms in total. The van der Waals surface area contributed by atoms with Gasteiger partial charge in [0.25, 0.3) is 0 Å². The standard InChI is InChI=1S/C7H15N.4C6H13N.C4H9NO/c1-8-6-4-2-3-5-7-8;4*1-7-5-3-2-4-6-7;1-5-2-3-6-4-5/h2-7H2,1H3;4*2-6H2,1H3;2-4H2,1H3. The maximum Gasteiger partial charge on any atom is 0.0989 e. The van der Waals surface area contributed by atoms with E-state index in [9.17, 15) is 0 Å². The third-order valence-corrected chi connectivity index (χ3v) is 9.08. The molecule has 0 unspecified atom stereocenters. The van der Waals surface area contributed by atoms with Crippen molar-refractivity contribution in [1.82, 2.24) is 29.4 Å². The Kier molecular flexibility index (Phi) is 26.7. The van der Waals surface area contributed by atoms with Gasteiger partial charge in [0, 0.05) is 6.54 Å². The molecule has 7 heteroatoms. The van der Waals surface area contributed by atoms with Crippen molar-refractivity contribution >= 4 is 0 Å². The molecule has 6 heterocycles. The van der Waals surface area contributed by atoms with Crippen LogP contribution < -0.4 is 0 Å². The highest BCUT2D eigenvalue weighted by Gasteiger charge is 2.05. The van der Waals surface area contributed by atoms with Crippen LogP contribution in [0.15, 0.2) is 0 Å². The van der Waals surface area contributed by atoms with Gasteiger partial charge in [0.2, 0.25) is 0 Å². The Bertz CT molecular complexity index is 466. The molecule has 0 bridgehead atoms. The van der Waals surface area contributed by atoms with Crippen LogP contribution in [0.25, 0.3) is 0 Å². The molecule has 0 aromatic carbocycles. The van der Waals surface area contributed by atoms with Gasteiger partial charge in [0.05, 0.1) is 13.3 Å². The van der Waals surface area contributed by atoms with E-state index in [0.29, 0.717) is 0 Å². The highest BCUT2D eigenvalue weighted by Crippen LogP contribution is 2.08. The fraction of sp³-hybridized carbons (Fsp3) is 1.00. The summed E-state index contributed by atoms with van der Waals surface area (Å²) in [5.74, 6) is 0. The lowest BCUT2D eigenvalue weighted by molar-refractivity contribution is 0.154. The van der Waals surface area contributed by atoms with E-state index in [0.717, 1.165) is 19.9 Å². The molecule has 0 N–H and O–H groups in total. The molecule has 0 aromatic heterocycles. The molecule has 0 radical (unpaired) electrons. The lowest BCUT2D eigenvalue weighted by atomic mass is 10.1. The van der Waals surface area contributed by atoms with Crippen molar-refractivity contribution in [2.75, 3.05) is 128 Å². The molecular formula is C35H76N6O. The van der Waals surface area contributed by atoms with E-state index in [2.05, 4.69) is 64.6 Å². The summed E-state index contributed by atoms with van der Waals surface area (Å²) in [6.45, 7) is 16.0. The minimum absolute atomic E-state index is 0.819. The van der Waals surface area contributed by atoms with Gasteiger partial charge >= 0.3 is 0 Å². The molecule has 42 heavy (non-hydrogen) atoms. The highest BCUT2D eigenvalue weighted by atomic mass is 16.5. The predicted octanol–water partition coefficient (Wildman–Crippen LogP) is 5.81. The minimum atomic E-state index is 0.819. The zero-order valence-electron chi connectivity index (χ0n) is 29.6. The molecule has 0 amide bonds. The molecule has 252 valence electrons. The van der Waals surface area contributed by atoms with E-state index >= 15 is 0 Å². The number of likely N-dealkylation sites (tertiary alicyclic amines) is 5. The first-order valence-corrected chi connectivity index (χ1v) is 18.1. The minimum Gasteiger partial charge on any atom is -0.365 e. The maximum absolute atomic E-state index is 4.98. The van der Waals surface area contributed by atoms with Gasteiger partial charge in [0.1, 0.15) is 0 Å². The van der Waals surface area contributed by atoms with Crippen molar-refractivity contribution in [3.63, 3.8) is 0 Å². The Balaban J connectivity index is 0.000000252. The number of nitrogens with zero attached hydrogens (tertiary/aromatic N) is 6. The first-order valence-electron chi connectivity index (χ1n) is 18.1.